The van der Waals surface area contributed by atoms with Crippen molar-refractivity contribution in [3.05, 3.63) is 0 Å². The van der Waals surface area contributed by atoms with Crippen LogP contribution in [-0.2, 0) is 4.74 Å². The van der Waals surface area contributed by atoms with Crippen LogP contribution in [0.1, 0.15) is 51.4 Å². The van der Waals surface area contributed by atoms with Crippen molar-refractivity contribution in [2.75, 3.05) is 33.3 Å². The number of likely N-dealkylation sites (tertiary alicyclic amines) is 1. The molecule has 2 N–H and O–H groups in total. The Kier molecular flexibility index (Phi) is 5.96. The second-order valence-electron chi connectivity index (χ2n) is 6.99. The van der Waals surface area contributed by atoms with Crippen LogP contribution in [0.5, 0.6) is 0 Å². The minimum absolute atomic E-state index is 0.454. The topological polar surface area (TPSA) is 48.9 Å². The van der Waals surface area contributed by atoms with E-state index >= 15 is 0 Å². The Morgan fingerprint density at radius 2 is 2.05 bits per heavy atom. The van der Waals surface area contributed by atoms with Gasteiger partial charge in [-0.3, -0.25) is 9.89 Å². The summed E-state index contributed by atoms with van der Waals surface area (Å²) in [5, 5.41) is 7.05. The summed E-state index contributed by atoms with van der Waals surface area (Å²) >= 11 is 0. The van der Waals surface area contributed by atoms with Crippen molar-refractivity contribution < 1.29 is 4.74 Å². The number of nitrogens with zero attached hydrogens (tertiary/aromatic N) is 2. The molecule has 0 amide bonds. The van der Waals surface area contributed by atoms with Gasteiger partial charge in [0.15, 0.2) is 5.96 Å². The third-order valence-electron chi connectivity index (χ3n) is 5.41. The fourth-order valence-electron chi connectivity index (χ4n) is 4.12. The molecule has 0 aromatic rings. The van der Waals surface area contributed by atoms with Crippen LogP contribution in [0.15, 0.2) is 4.99 Å². The molecular weight excluding hydrogens is 276 g/mol. The van der Waals surface area contributed by atoms with E-state index in [9.17, 15) is 0 Å². The lowest BCUT2D eigenvalue weighted by Gasteiger charge is -2.24. The van der Waals surface area contributed by atoms with Crippen LogP contribution in [0.25, 0.3) is 0 Å². The molecule has 5 heteroatoms. The quantitative estimate of drug-likeness (QED) is 0.600. The standard InChI is InChI=1S/C17H32N4O/c1-18-17(19-10-8-16-7-4-12-22-16)20-14-9-11-21(13-14)15-5-2-3-6-15/h14-16H,2-13H2,1H3,(H2,18,19,20). The van der Waals surface area contributed by atoms with E-state index in [2.05, 4.69) is 20.5 Å². The number of nitrogens with one attached hydrogen (secondary N) is 2. The zero-order valence-corrected chi connectivity index (χ0v) is 14.0. The molecule has 0 aromatic carbocycles. The smallest absolute Gasteiger partial charge is 0.191 e. The molecule has 3 rings (SSSR count). The lowest BCUT2D eigenvalue weighted by atomic mass is 10.2. The average molecular weight is 308 g/mol. The molecule has 5 nitrogen and oxygen atoms in total. The summed E-state index contributed by atoms with van der Waals surface area (Å²) < 4.78 is 5.67. The fraction of sp³-hybridized carbons (Fsp3) is 0.941. The Labute approximate surface area is 134 Å². The van der Waals surface area contributed by atoms with E-state index < -0.39 is 0 Å². The van der Waals surface area contributed by atoms with Crippen LogP contribution in [0.2, 0.25) is 0 Å². The number of hydrogen-bond donors (Lipinski definition) is 2. The Hall–Kier alpha value is -0.810. The molecule has 1 saturated carbocycles. The number of hydrogen-bond acceptors (Lipinski definition) is 3. The van der Waals surface area contributed by atoms with Gasteiger partial charge in [0.25, 0.3) is 0 Å². The molecule has 3 fully saturated rings. The van der Waals surface area contributed by atoms with Crippen molar-refractivity contribution >= 4 is 5.96 Å². The maximum Gasteiger partial charge on any atom is 0.191 e. The molecule has 2 unspecified atom stereocenters. The average Bonchev–Trinajstić information content (AvgIpc) is 3.27. The Morgan fingerprint density at radius 1 is 1.18 bits per heavy atom. The molecule has 22 heavy (non-hydrogen) atoms. The largest absolute Gasteiger partial charge is 0.378 e. The number of aliphatic imine (C=N–C) groups is 1. The Balaban J connectivity index is 1.35. The third-order valence-corrected chi connectivity index (χ3v) is 5.41. The summed E-state index contributed by atoms with van der Waals surface area (Å²) in [6, 6.07) is 1.40. The highest BCUT2D eigenvalue weighted by Gasteiger charge is 2.30. The van der Waals surface area contributed by atoms with E-state index in [0.717, 1.165) is 31.6 Å². The predicted octanol–water partition coefficient (Wildman–Crippen LogP) is 1.74. The number of ether oxygens (including phenoxy) is 1. The molecule has 0 radical (unpaired) electrons. The maximum absolute atomic E-state index is 5.67. The third kappa shape index (κ3) is 4.35. The van der Waals surface area contributed by atoms with Crippen molar-refractivity contribution in [2.45, 2.75) is 69.6 Å². The van der Waals surface area contributed by atoms with Crippen LogP contribution < -0.4 is 10.6 Å². The minimum Gasteiger partial charge on any atom is -0.378 e. The normalized spacial score (nSPS) is 31.0. The summed E-state index contributed by atoms with van der Waals surface area (Å²) in [6.45, 7) is 4.31. The summed E-state index contributed by atoms with van der Waals surface area (Å²) in [4.78, 5) is 7.06. The molecule has 2 saturated heterocycles. The van der Waals surface area contributed by atoms with Gasteiger partial charge in [-0.1, -0.05) is 12.8 Å². The van der Waals surface area contributed by atoms with Crippen molar-refractivity contribution in [2.24, 2.45) is 4.99 Å². The van der Waals surface area contributed by atoms with Crippen LogP contribution in [0.4, 0.5) is 0 Å². The highest BCUT2D eigenvalue weighted by atomic mass is 16.5. The molecule has 3 aliphatic rings. The zero-order valence-electron chi connectivity index (χ0n) is 14.0. The van der Waals surface area contributed by atoms with Crippen molar-refractivity contribution in [1.82, 2.24) is 15.5 Å². The van der Waals surface area contributed by atoms with Crippen molar-refractivity contribution in [3.63, 3.8) is 0 Å². The van der Waals surface area contributed by atoms with Gasteiger partial charge in [-0.05, 0) is 38.5 Å². The lowest BCUT2D eigenvalue weighted by Crippen LogP contribution is -2.45. The molecule has 2 aliphatic heterocycles. The minimum atomic E-state index is 0.454. The van der Waals surface area contributed by atoms with E-state index in [0.29, 0.717) is 12.1 Å². The van der Waals surface area contributed by atoms with E-state index in [4.69, 9.17) is 4.74 Å². The van der Waals surface area contributed by atoms with Gasteiger partial charge in [-0.2, -0.15) is 0 Å². The van der Waals surface area contributed by atoms with Crippen molar-refractivity contribution in [3.8, 4) is 0 Å². The van der Waals surface area contributed by atoms with Gasteiger partial charge in [0.1, 0.15) is 0 Å². The van der Waals surface area contributed by atoms with E-state index in [1.807, 2.05) is 7.05 Å². The maximum atomic E-state index is 5.67. The SMILES string of the molecule is CN=C(NCCC1CCCO1)NC1CCN(C2CCCC2)C1. The lowest BCUT2D eigenvalue weighted by molar-refractivity contribution is 0.105. The molecule has 2 atom stereocenters. The summed E-state index contributed by atoms with van der Waals surface area (Å²) in [5.74, 6) is 0.955. The fourth-order valence-corrected chi connectivity index (χ4v) is 4.12. The first-order valence-electron chi connectivity index (χ1n) is 9.18. The molecule has 2 heterocycles. The highest BCUT2D eigenvalue weighted by Crippen LogP contribution is 2.26. The van der Waals surface area contributed by atoms with Gasteiger partial charge in [0.2, 0.25) is 0 Å². The van der Waals surface area contributed by atoms with Crippen LogP contribution in [0, 0.1) is 0 Å². The first-order valence-corrected chi connectivity index (χ1v) is 9.18. The highest BCUT2D eigenvalue weighted by molar-refractivity contribution is 5.80. The van der Waals surface area contributed by atoms with Crippen molar-refractivity contribution in [1.29, 1.82) is 0 Å². The van der Waals surface area contributed by atoms with Crippen LogP contribution in [0.3, 0.4) is 0 Å². The van der Waals surface area contributed by atoms with Gasteiger partial charge in [0, 0.05) is 45.4 Å². The second kappa shape index (κ2) is 8.16. The summed E-state index contributed by atoms with van der Waals surface area (Å²) in [5.41, 5.74) is 0. The first-order chi connectivity index (χ1) is 10.8. The Bertz CT molecular complexity index is 362. The van der Waals surface area contributed by atoms with E-state index in [1.54, 1.807) is 0 Å². The van der Waals surface area contributed by atoms with Gasteiger partial charge in [-0.25, -0.2) is 0 Å². The molecule has 1 aliphatic carbocycles. The molecule has 0 spiro atoms. The number of rotatable bonds is 5. The Morgan fingerprint density at radius 3 is 2.77 bits per heavy atom. The predicted molar refractivity (Wildman–Crippen MR) is 90.3 cm³/mol. The first kappa shape index (κ1) is 16.1. The van der Waals surface area contributed by atoms with E-state index in [-0.39, 0.29) is 0 Å². The molecule has 0 bridgehead atoms. The second-order valence-corrected chi connectivity index (χ2v) is 6.99. The van der Waals surface area contributed by atoms with Gasteiger partial charge in [0.05, 0.1) is 6.10 Å². The summed E-state index contributed by atoms with van der Waals surface area (Å²) in [7, 11) is 1.87. The molecular formula is C17H32N4O. The molecule has 0 aromatic heterocycles. The van der Waals surface area contributed by atoms with Crippen LogP contribution in [-0.4, -0.2) is 62.3 Å². The summed E-state index contributed by atoms with van der Waals surface area (Å²) in [6.07, 6.45) is 10.9. The zero-order chi connectivity index (χ0) is 15.2. The van der Waals surface area contributed by atoms with Gasteiger partial charge < -0.3 is 15.4 Å². The van der Waals surface area contributed by atoms with Gasteiger partial charge in [-0.15, -0.1) is 0 Å². The number of guanidine groups is 1. The van der Waals surface area contributed by atoms with Crippen LogP contribution >= 0.6 is 0 Å². The monoisotopic (exact) mass is 308 g/mol. The van der Waals surface area contributed by atoms with E-state index in [1.165, 1.54) is 58.0 Å². The van der Waals surface area contributed by atoms with Gasteiger partial charge >= 0.3 is 0 Å². The molecule has 126 valence electrons.